The molecule has 3 aliphatic rings. The Morgan fingerprint density at radius 1 is 1.19 bits per heavy atom. The second kappa shape index (κ2) is 7.54. The van der Waals surface area contributed by atoms with Gasteiger partial charge in [0, 0.05) is 0 Å². The summed E-state index contributed by atoms with van der Waals surface area (Å²) in [6.45, 7) is 2.61. The van der Waals surface area contributed by atoms with Gasteiger partial charge in [-0.3, -0.25) is 9.59 Å². The Kier molecular flexibility index (Phi) is 4.82. The van der Waals surface area contributed by atoms with E-state index in [1.165, 1.54) is 0 Å². The van der Waals surface area contributed by atoms with Crippen molar-refractivity contribution in [3.8, 4) is 5.75 Å². The standard InChI is InChI=1S/C25H25NO5/c1-16(18-8-10-19(29-2)11-9-18)26-15-25-13-12-20(31-25)21(22(25)23(26)27)24(28)30-14-17-6-4-3-5-7-17/h3-13,16,20-22H,14-15H2,1-2H3/t16-,20+,21+,22+,25-/m0/s1. The van der Waals surface area contributed by atoms with Gasteiger partial charge in [-0.25, -0.2) is 0 Å². The number of esters is 1. The Morgan fingerprint density at radius 2 is 1.94 bits per heavy atom. The normalized spacial score (nSPS) is 29.2. The molecule has 2 saturated heterocycles. The van der Waals surface area contributed by atoms with Crippen molar-refractivity contribution in [2.75, 3.05) is 13.7 Å². The summed E-state index contributed by atoms with van der Waals surface area (Å²) < 4.78 is 17.0. The fraction of sp³-hybridized carbons (Fsp3) is 0.360. The SMILES string of the molecule is COc1ccc([C@H](C)N2C[C@]34C=C[C@@H](O3)[C@@H](C(=O)OCc3ccccc3)[C@@H]4C2=O)cc1. The highest BCUT2D eigenvalue weighted by Gasteiger charge is 2.67. The number of hydrogen-bond donors (Lipinski definition) is 0. The van der Waals surface area contributed by atoms with E-state index >= 15 is 0 Å². The van der Waals surface area contributed by atoms with E-state index in [2.05, 4.69) is 0 Å². The molecule has 3 aliphatic heterocycles. The third-order valence-corrected chi connectivity index (χ3v) is 6.69. The Morgan fingerprint density at radius 3 is 2.65 bits per heavy atom. The molecule has 2 aromatic carbocycles. The number of fused-ring (bicyclic) bond motifs is 1. The number of ether oxygens (including phenoxy) is 3. The van der Waals surface area contributed by atoms with Gasteiger partial charge in [0.25, 0.3) is 0 Å². The maximum absolute atomic E-state index is 13.5. The van der Waals surface area contributed by atoms with Crippen LogP contribution in [0.3, 0.4) is 0 Å². The van der Waals surface area contributed by atoms with E-state index in [1.54, 1.807) is 7.11 Å². The van der Waals surface area contributed by atoms with Gasteiger partial charge in [0.2, 0.25) is 5.91 Å². The first-order chi connectivity index (χ1) is 15.0. The Balaban J connectivity index is 1.34. The van der Waals surface area contributed by atoms with Crippen molar-refractivity contribution in [1.82, 2.24) is 4.90 Å². The molecule has 2 bridgehead atoms. The third kappa shape index (κ3) is 3.22. The van der Waals surface area contributed by atoms with Gasteiger partial charge in [-0.05, 0) is 30.2 Å². The number of rotatable bonds is 6. The smallest absolute Gasteiger partial charge is 0.313 e. The van der Waals surface area contributed by atoms with Crippen molar-refractivity contribution in [2.24, 2.45) is 11.8 Å². The van der Waals surface area contributed by atoms with E-state index in [0.29, 0.717) is 6.54 Å². The average Bonchev–Trinajstić information content (AvgIpc) is 3.46. The second-order valence-corrected chi connectivity index (χ2v) is 8.41. The topological polar surface area (TPSA) is 65.1 Å². The monoisotopic (exact) mass is 419 g/mol. The van der Waals surface area contributed by atoms with Crippen LogP contribution in [-0.4, -0.2) is 42.1 Å². The number of carbonyl (C=O) groups excluding carboxylic acids is 2. The molecule has 2 fully saturated rings. The molecule has 0 radical (unpaired) electrons. The molecule has 0 unspecified atom stereocenters. The minimum Gasteiger partial charge on any atom is -0.497 e. The number of carbonyl (C=O) groups is 2. The zero-order valence-corrected chi connectivity index (χ0v) is 17.6. The summed E-state index contributed by atoms with van der Waals surface area (Å²) in [5.74, 6) is -0.833. The number of benzene rings is 2. The van der Waals surface area contributed by atoms with Gasteiger partial charge < -0.3 is 19.1 Å². The Bertz CT molecular complexity index is 1020. The highest BCUT2D eigenvalue weighted by molar-refractivity contribution is 5.91. The lowest BCUT2D eigenvalue weighted by atomic mass is 9.77. The molecule has 2 aromatic rings. The molecule has 6 heteroatoms. The van der Waals surface area contributed by atoms with Crippen LogP contribution < -0.4 is 4.74 Å². The molecule has 5 rings (SSSR count). The van der Waals surface area contributed by atoms with E-state index in [4.69, 9.17) is 14.2 Å². The minimum absolute atomic E-state index is 0.0585. The Labute approximate surface area is 181 Å². The fourth-order valence-electron chi connectivity index (χ4n) is 5.01. The first-order valence-electron chi connectivity index (χ1n) is 10.5. The molecule has 0 N–H and O–H groups in total. The lowest BCUT2D eigenvalue weighted by Gasteiger charge is -2.27. The maximum atomic E-state index is 13.5. The molecule has 0 aromatic heterocycles. The highest BCUT2D eigenvalue weighted by atomic mass is 16.6. The van der Waals surface area contributed by atoms with E-state index in [-0.39, 0.29) is 24.5 Å². The predicted molar refractivity (Wildman–Crippen MR) is 113 cm³/mol. The van der Waals surface area contributed by atoms with Crippen molar-refractivity contribution in [1.29, 1.82) is 0 Å². The number of likely N-dealkylation sites (tertiary alicyclic amines) is 1. The van der Waals surface area contributed by atoms with Gasteiger partial charge in [-0.1, -0.05) is 54.6 Å². The van der Waals surface area contributed by atoms with E-state index in [9.17, 15) is 9.59 Å². The first kappa shape index (κ1) is 19.8. The molecule has 5 atom stereocenters. The highest BCUT2D eigenvalue weighted by Crippen LogP contribution is 2.53. The molecule has 31 heavy (non-hydrogen) atoms. The van der Waals surface area contributed by atoms with Gasteiger partial charge in [0.05, 0.1) is 31.7 Å². The van der Waals surface area contributed by atoms with Crippen molar-refractivity contribution in [3.05, 3.63) is 77.9 Å². The van der Waals surface area contributed by atoms with E-state index < -0.39 is 23.5 Å². The predicted octanol–water partition coefficient (Wildman–Crippen LogP) is 3.28. The molecular formula is C25H25NO5. The van der Waals surface area contributed by atoms with Gasteiger partial charge in [-0.2, -0.15) is 0 Å². The summed E-state index contributed by atoms with van der Waals surface area (Å²) in [4.78, 5) is 28.3. The average molecular weight is 419 g/mol. The van der Waals surface area contributed by atoms with Crippen LogP contribution in [0.15, 0.2) is 66.7 Å². The van der Waals surface area contributed by atoms with Crippen molar-refractivity contribution >= 4 is 11.9 Å². The number of hydrogen-bond acceptors (Lipinski definition) is 5. The summed E-state index contributed by atoms with van der Waals surface area (Å²) in [5.41, 5.74) is 1.17. The molecule has 6 nitrogen and oxygen atoms in total. The zero-order valence-electron chi connectivity index (χ0n) is 17.6. The first-order valence-corrected chi connectivity index (χ1v) is 10.5. The van der Waals surface area contributed by atoms with Crippen LogP contribution in [0.2, 0.25) is 0 Å². The van der Waals surface area contributed by atoms with Crippen LogP contribution >= 0.6 is 0 Å². The molecule has 3 heterocycles. The second-order valence-electron chi connectivity index (χ2n) is 8.41. The summed E-state index contributed by atoms with van der Waals surface area (Å²) >= 11 is 0. The van der Waals surface area contributed by atoms with Crippen molar-refractivity contribution in [2.45, 2.75) is 31.3 Å². The van der Waals surface area contributed by atoms with Crippen LogP contribution in [0.5, 0.6) is 5.75 Å². The van der Waals surface area contributed by atoms with Crippen LogP contribution in [0.1, 0.15) is 24.1 Å². The summed E-state index contributed by atoms with van der Waals surface area (Å²) in [7, 11) is 1.62. The van der Waals surface area contributed by atoms with E-state index in [1.807, 2.05) is 78.6 Å². The lowest BCUT2D eigenvalue weighted by molar-refractivity contribution is -0.155. The minimum atomic E-state index is -0.751. The largest absolute Gasteiger partial charge is 0.497 e. The molecular weight excluding hydrogens is 394 g/mol. The fourth-order valence-corrected chi connectivity index (χ4v) is 5.01. The van der Waals surface area contributed by atoms with Crippen LogP contribution in [0.25, 0.3) is 0 Å². The van der Waals surface area contributed by atoms with E-state index in [0.717, 1.165) is 16.9 Å². The molecule has 0 saturated carbocycles. The lowest BCUT2D eigenvalue weighted by Crippen LogP contribution is -2.40. The maximum Gasteiger partial charge on any atom is 0.313 e. The van der Waals surface area contributed by atoms with Gasteiger partial charge in [0.1, 0.15) is 23.9 Å². The van der Waals surface area contributed by atoms with Crippen molar-refractivity contribution in [3.63, 3.8) is 0 Å². The van der Waals surface area contributed by atoms with Gasteiger partial charge in [0.15, 0.2) is 0 Å². The number of nitrogens with zero attached hydrogens (tertiary/aromatic N) is 1. The van der Waals surface area contributed by atoms with Gasteiger partial charge >= 0.3 is 5.97 Å². The molecule has 1 amide bonds. The number of amides is 1. The molecule has 0 aliphatic carbocycles. The zero-order chi connectivity index (χ0) is 21.6. The summed E-state index contributed by atoms with van der Waals surface area (Å²) in [5, 5.41) is 0. The summed E-state index contributed by atoms with van der Waals surface area (Å²) in [6, 6.07) is 17.1. The van der Waals surface area contributed by atoms with Crippen LogP contribution in [0, 0.1) is 11.8 Å². The Hall–Kier alpha value is -3.12. The van der Waals surface area contributed by atoms with Gasteiger partial charge in [-0.15, -0.1) is 0 Å². The molecule has 1 spiro atoms. The van der Waals surface area contributed by atoms with Crippen LogP contribution in [0.4, 0.5) is 0 Å². The quantitative estimate of drug-likeness (QED) is 0.531. The third-order valence-electron chi connectivity index (χ3n) is 6.69. The summed E-state index contributed by atoms with van der Waals surface area (Å²) in [6.07, 6.45) is 3.46. The van der Waals surface area contributed by atoms with Crippen LogP contribution in [-0.2, 0) is 25.7 Å². The molecule has 160 valence electrons. The number of methoxy groups -OCH3 is 1. The van der Waals surface area contributed by atoms with Crippen molar-refractivity contribution < 1.29 is 23.8 Å².